The molecule has 0 aromatic rings. The van der Waals surface area contributed by atoms with Crippen molar-refractivity contribution in [1.29, 1.82) is 5.41 Å². The molecule has 1 unspecified atom stereocenters. The van der Waals surface area contributed by atoms with E-state index in [1.807, 2.05) is 6.08 Å². The van der Waals surface area contributed by atoms with Crippen LogP contribution in [0.4, 0.5) is 0 Å². The van der Waals surface area contributed by atoms with Crippen molar-refractivity contribution in [2.45, 2.75) is 98.8 Å². The molecule has 44 heavy (non-hydrogen) atoms. The van der Waals surface area contributed by atoms with Gasteiger partial charge in [0.25, 0.3) is 0 Å². The van der Waals surface area contributed by atoms with Gasteiger partial charge in [0, 0.05) is 43.7 Å². The van der Waals surface area contributed by atoms with Gasteiger partial charge < -0.3 is 78.4 Å². The highest BCUT2D eigenvalue weighted by molar-refractivity contribution is 5.81. The van der Waals surface area contributed by atoms with Crippen LogP contribution in [0.15, 0.2) is 11.8 Å². The van der Waals surface area contributed by atoms with Crippen LogP contribution in [0.2, 0.25) is 0 Å². The normalized spacial score (nSPS) is 40.2. The number of likely N-dealkylation sites (N-methyl/N-ethyl adjacent to an activating group) is 1. The van der Waals surface area contributed by atoms with E-state index in [1.165, 1.54) is 6.92 Å². The molecule has 0 aromatic carbocycles. The minimum atomic E-state index is -1.45. The predicted octanol–water partition coefficient (Wildman–Crippen LogP) is -5.58. The number of hydrogen-bond donors (Lipinski definition) is 13. The zero-order valence-electron chi connectivity index (χ0n) is 25.3. The number of aliphatic hydroxyl groups is 4. The first-order chi connectivity index (χ1) is 20.9. The van der Waals surface area contributed by atoms with Crippen molar-refractivity contribution >= 4 is 11.9 Å². The Labute approximate surface area is 257 Å². The van der Waals surface area contributed by atoms with Crippen molar-refractivity contribution in [1.82, 2.24) is 26.6 Å². The number of aliphatic hydroxyl groups excluding tert-OH is 3. The SMILES string of the molecule is CN[C@@H]1[C@@H](O)[C@@H](O[C@H]2[C@H](NC(=O)[C@@H](O)CCNC(=N)N)C[C@H](N)C([C@H]3OC(CN)=CC[C@H]3NC3CNC3)[C@@H]2O)OC[C@]1(C)O. The van der Waals surface area contributed by atoms with Crippen molar-refractivity contribution < 1.29 is 39.4 Å². The first-order valence-electron chi connectivity index (χ1n) is 15.2. The predicted molar refractivity (Wildman–Crippen MR) is 159 cm³/mol. The molecule has 2 saturated heterocycles. The molecule has 1 saturated carbocycles. The van der Waals surface area contributed by atoms with Gasteiger partial charge in [0.2, 0.25) is 5.91 Å². The van der Waals surface area contributed by atoms with Gasteiger partial charge in [-0.3, -0.25) is 10.2 Å². The highest BCUT2D eigenvalue weighted by Crippen LogP contribution is 2.37. The van der Waals surface area contributed by atoms with Gasteiger partial charge in [-0.1, -0.05) is 0 Å². The average Bonchev–Trinajstić information content (AvgIpc) is 2.94. The van der Waals surface area contributed by atoms with E-state index in [2.05, 4.69) is 26.6 Å². The van der Waals surface area contributed by atoms with Gasteiger partial charge in [0.15, 0.2) is 12.2 Å². The minimum Gasteiger partial charge on any atom is -0.492 e. The van der Waals surface area contributed by atoms with Crippen molar-refractivity contribution in [3.63, 3.8) is 0 Å². The largest absolute Gasteiger partial charge is 0.492 e. The number of ether oxygens (including phenoxy) is 3. The molecule has 3 fully saturated rings. The molecule has 16 N–H and O–H groups in total. The first-order valence-corrected chi connectivity index (χ1v) is 15.2. The Morgan fingerprint density at radius 1 is 1.30 bits per heavy atom. The maximum absolute atomic E-state index is 13.0. The summed E-state index contributed by atoms with van der Waals surface area (Å²) in [4.78, 5) is 13.0. The smallest absolute Gasteiger partial charge is 0.249 e. The third-order valence-electron chi connectivity index (χ3n) is 9.04. The molecule has 0 radical (unpaired) electrons. The Balaban J connectivity index is 1.57. The third kappa shape index (κ3) is 7.97. The maximum atomic E-state index is 13.0. The zero-order valence-corrected chi connectivity index (χ0v) is 25.3. The summed E-state index contributed by atoms with van der Waals surface area (Å²) in [6.07, 6.45) is -4.43. The van der Waals surface area contributed by atoms with E-state index in [0.717, 1.165) is 13.1 Å². The Morgan fingerprint density at radius 3 is 2.64 bits per heavy atom. The number of nitrogens with one attached hydrogen (secondary N) is 6. The van der Waals surface area contributed by atoms with Gasteiger partial charge in [0.1, 0.15) is 35.8 Å². The molecule has 12 atom stereocenters. The Kier molecular flexibility index (Phi) is 11.8. The lowest BCUT2D eigenvalue weighted by Gasteiger charge is -2.51. The minimum absolute atomic E-state index is 0.0300. The van der Waals surface area contributed by atoms with Crippen LogP contribution < -0.4 is 43.8 Å². The molecule has 0 bridgehead atoms. The third-order valence-corrected chi connectivity index (χ3v) is 9.04. The number of nitrogens with two attached hydrogens (primary N) is 3. The lowest BCUT2D eigenvalue weighted by atomic mass is 9.72. The molecule has 0 aromatic heterocycles. The fourth-order valence-electron chi connectivity index (χ4n) is 6.57. The molecule has 0 spiro atoms. The van der Waals surface area contributed by atoms with Crippen LogP contribution in [0.25, 0.3) is 0 Å². The molecular formula is C27H51N9O8. The summed E-state index contributed by atoms with van der Waals surface area (Å²) in [5.41, 5.74) is 16.5. The van der Waals surface area contributed by atoms with Gasteiger partial charge in [-0.25, -0.2) is 0 Å². The monoisotopic (exact) mass is 629 g/mol. The Hall–Kier alpha value is -2.16. The lowest BCUT2D eigenvalue weighted by Crippen LogP contribution is -2.70. The summed E-state index contributed by atoms with van der Waals surface area (Å²) in [6.45, 7) is 3.22. The van der Waals surface area contributed by atoms with E-state index < -0.39 is 72.4 Å². The van der Waals surface area contributed by atoms with Crippen LogP contribution in [-0.4, -0.2) is 145 Å². The van der Waals surface area contributed by atoms with Gasteiger partial charge in [0.05, 0.1) is 31.3 Å². The molecule has 17 heteroatoms. The van der Waals surface area contributed by atoms with Crippen molar-refractivity contribution in [3.05, 3.63) is 11.8 Å². The summed E-state index contributed by atoms with van der Waals surface area (Å²) in [6, 6.07) is -2.33. The molecule has 1 amide bonds. The molecule has 1 aliphatic carbocycles. The number of carbonyl (C=O) groups is 1. The van der Waals surface area contributed by atoms with Crippen molar-refractivity contribution in [2.24, 2.45) is 23.1 Å². The van der Waals surface area contributed by atoms with E-state index in [-0.39, 0.29) is 50.6 Å². The second-order valence-corrected chi connectivity index (χ2v) is 12.4. The number of amides is 1. The standard InChI is InChI=1S/C27H51N9O8/c1-27(41)11-42-25(20(39)23(27)32-2)44-22-16(36-24(40)17(37)5-6-34-26(30)31)7-14(29)18(19(22)38)21-15(35-12-9-33-10-12)4-3-13(8-28)43-21/h3,12,14-23,25,32-33,35,37-39,41H,4-11,28-29H2,1-2H3,(H,36,40)(H4,30,31,34)/t14-,15+,16+,17-,18?,19-,20+,21-,22-,23+,25+,27-/m0/s1. The fourth-order valence-corrected chi connectivity index (χ4v) is 6.57. The second kappa shape index (κ2) is 15.0. The zero-order chi connectivity index (χ0) is 32.2. The van der Waals surface area contributed by atoms with Crippen LogP contribution in [0.1, 0.15) is 26.2 Å². The van der Waals surface area contributed by atoms with Crippen LogP contribution in [0, 0.1) is 11.3 Å². The molecule has 17 nitrogen and oxygen atoms in total. The quantitative estimate of drug-likeness (QED) is 0.0707. The van der Waals surface area contributed by atoms with Gasteiger partial charge in [-0.2, -0.15) is 0 Å². The van der Waals surface area contributed by atoms with E-state index in [0.29, 0.717) is 12.2 Å². The molecule has 4 rings (SSSR count). The number of guanidine groups is 1. The Bertz CT molecular complexity index is 1020. The number of hydrogen-bond acceptors (Lipinski definition) is 14. The van der Waals surface area contributed by atoms with E-state index >= 15 is 0 Å². The summed E-state index contributed by atoms with van der Waals surface area (Å²) in [7, 11) is 1.59. The van der Waals surface area contributed by atoms with Crippen molar-refractivity contribution in [2.75, 3.05) is 39.8 Å². The number of carbonyl (C=O) groups excluding carboxylic acids is 1. The van der Waals surface area contributed by atoms with E-state index in [4.69, 9.17) is 36.8 Å². The maximum Gasteiger partial charge on any atom is 0.249 e. The van der Waals surface area contributed by atoms with Crippen LogP contribution in [0.5, 0.6) is 0 Å². The highest BCUT2D eigenvalue weighted by Gasteiger charge is 2.54. The van der Waals surface area contributed by atoms with Gasteiger partial charge >= 0.3 is 0 Å². The van der Waals surface area contributed by atoms with Gasteiger partial charge in [-0.05, 0) is 39.3 Å². The lowest BCUT2D eigenvalue weighted by molar-refractivity contribution is -0.297. The topological polar surface area (TPSA) is 288 Å². The first kappa shape index (κ1) is 34.7. The number of rotatable bonds is 12. The van der Waals surface area contributed by atoms with Crippen LogP contribution in [-0.2, 0) is 19.0 Å². The second-order valence-electron chi connectivity index (χ2n) is 12.4. The van der Waals surface area contributed by atoms with Crippen LogP contribution >= 0.6 is 0 Å². The average molecular weight is 630 g/mol. The molecule has 4 aliphatic rings. The van der Waals surface area contributed by atoms with E-state index in [1.54, 1.807) is 7.05 Å². The fraction of sp³-hybridized carbons (Fsp3) is 0.852. The highest BCUT2D eigenvalue weighted by atomic mass is 16.7. The summed E-state index contributed by atoms with van der Waals surface area (Å²) in [5.74, 6) is -1.11. The summed E-state index contributed by atoms with van der Waals surface area (Å²) < 4.78 is 18.3. The molecule has 3 aliphatic heterocycles. The van der Waals surface area contributed by atoms with E-state index in [9.17, 15) is 25.2 Å². The Morgan fingerprint density at radius 2 is 2.02 bits per heavy atom. The molecular weight excluding hydrogens is 578 g/mol. The summed E-state index contributed by atoms with van der Waals surface area (Å²) in [5, 5.41) is 66.5. The van der Waals surface area contributed by atoms with Crippen molar-refractivity contribution in [3.8, 4) is 0 Å². The van der Waals surface area contributed by atoms with Crippen LogP contribution in [0.3, 0.4) is 0 Å². The molecule has 252 valence electrons. The van der Waals surface area contributed by atoms with Gasteiger partial charge in [-0.15, -0.1) is 0 Å². The summed E-state index contributed by atoms with van der Waals surface area (Å²) >= 11 is 0. The molecule has 3 heterocycles.